The molecule has 0 aliphatic carbocycles. The third-order valence-corrected chi connectivity index (χ3v) is 5.70. The Hall–Kier alpha value is -3.93. The summed E-state index contributed by atoms with van der Waals surface area (Å²) in [4.78, 5) is 13.8. The molecule has 0 unspecified atom stereocenters. The Morgan fingerprint density at radius 2 is 1.88 bits per heavy atom. The maximum absolute atomic E-state index is 13.5. The summed E-state index contributed by atoms with van der Waals surface area (Å²) in [5.41, 5.74) is 14.6. The van der Waals surface area contributed by atoms with Gasteiger partial charge in [-0.2, -0.15) is 10.4 Å². The molecule has 0 spiro atoms. The van der Waals surface area contributed by atoms with Crippen molar-refractivity contribution >= 4 is 11.7 Å². The van der Waals surface area contributed by atoms with Crippen LogP contribution in [-0.4, -0.2) is 33.7 Å². The van der Waals surface area contributed by atoms with E-state index >= 15 is 0 Å². The number of primary amides is 1. The molecule has 1 aromatic heterocycles. The van der Waals surface area contributed by atoms with Crippen LogP contribution in [0.4, 0.5) is 14.6 Å². The molecule has 1 atom stereocenters. The fourth-order valence-electron chi connectivity index (χ4n) is 4.08. The van der Waals surface area contributed by atoms with Crippen LogP contribution in [0.25, 0.3) is 11.3 Å². The smallest absolute Gasteiger partial charge is 0.254 e. The van der Waals surface area contributed by atoms with Crippen LogP contribution in [0, 0.1) is 23.1 Å². The third-order valence-electron chi connectivity index (χ3n) is 5.70. The number of amides is 1. The number of nitriles is 1. The Labute approximate surface area is 183 Å². The van der Waals surface area contributed by atoms with Gasteiger partial charge in [-0.15, -0.1) is 0 Å². The van der Waals surface area contributed by atoms with Gasteiger partial charge in [0.05, 0.1) is 12.6 Å². The predicted octanol–water partition coefficient (Wildman–Crippen LogP) is 3.22. The number of nitrogens with two attached hydrogens (primary N) is 2. The lowest BCUT2D eigenvalue weighted by molar-refractivity contribution is 0.100. The Kier molecular flexibility index (Phi) is 5.77. The van der Waals surface area contributed by atoms with E-state index in [1.165, 1.54) is 12.1 Å². The second-order valence-electron chi connectivity index (χ2n) is 7.88. The first-order valence-corrected chi connectivity index (χ1v) is 10.2. The van der Waals surface area contributed by atoms with Crippen molar-refractivity contribution in [3.63, 3.8) is 0 Å². The topological polar surface area (TPSA) is 114 Å². The number of hydrogen-bond donors (Lipinski definition) is 2. The second kappa shape index (κ2) is 8.67. The van der Waals surface area contributed by atoms with Gasteiger partial charge in [0.1, 0.15) is 17.1 Å². The zero-order chi connectivity index (χ0) is 22.8. The molecule has 0 radical (unpaired) electrons. The fourth-order valence-corrected chi connectivity index (χ4v) is 4.08. The highest BCUT2D eigenvalue weighted by Gasteiger charge is 2.28. The molecule has 1 fully saturated rings. The summed E-state index contributed by atoms with van der Waals surface area (Å²) in [6, 6.07) is 10.9. The Balaban J connectivity index is 1.63. The van der Waals surface area contributed by atoms with Gasteiger partial charge in [0.25, 0.3) is 5.91 Å². The van der Waals surface area contributed by atoms with E-state index in [4.69, 9.17) is 11.5 Å². The number of halogens is 2. The van der Waals surface area contributed by atoms with Crippen LogP contribution < -0.4 is 11.5 Å². The predicted molar refractivity (Wildman–Crippen MR) is 115 cm³/mol. The first kappa shape index (κ1) is 21.3. The van der Waals surface area contributed by atoms with E-state index < -0.39 is 17.5 Å². The average molecular weight is 436 g/mol. The minimum Gasteiger partial charge on any atom is -0.383 e. The van der Waals surface area contributed by atoms with Gasteiger partial charge in [0, 0.05) is 12.1 Å². The summed E-state index contributed by atoms with van der Waals surface area (Å²) in [6.45, 7) is 1.15. The summed E-state index contributed by atoms with van der Waals surface area (Å²) >= 11 is 0. The molecule has 7 nitrogen and oxygen atoms in total. The monoisotopic (exact) mass is 436 g/mol. The number of nitrogen functional groups attached to an aromatic ring is 1. The molecule has 1 saturated heterocycles. The largest absolute Gasteiger partial charge is 0.383 e. The van der Waals surface area contributed by atoms with Crippen molar-refractivity contribution in [1.82, 2.24) is 14.7 Å². The number of anilines is 1. The van der Waals surface area contributed by atoms with Gasteiger partial charge in [-0.3, -0.25) is 4.79 Å². The summed E-state index contributed by atoms with van der Waals surface area (Å²) in [5, 5.41) is 13.8. The van der Waals surface area contributed by atoms with Crippen LogP contribution in [0.15, 0.2) is 42.5 Å². The lowest BCUT2D eigenvalue weighted by Gasteiger charge is -2.29. The Morgan fingerprint density at radius 3 is 2.53 bits per heavy atom. The SMILES string of the molecule is N#CN1CCC[C@H](n2nc(-c3ccc(Cc4ccc(F)c(F)c4)cc3)c(C(N)=O)c2N)C1. The van der Waals surface area contributed by atoms with E-state index in [0.717, 1.165) is 24.5 Å². The van der Waals surface area contributed by atoms with Gasteiger partial charge in [-0.1, -0.05) is 30.3 Å². The van der Waals surface area contributed by atoms with Crippen molar-refractivity contribution in [3.8, 4) is 17.5 Å². The molecule has 2 heterocycles. The van der Waals surface area contributed by atoms with Crippen molar-refractivity contribution < 1.29 is 13.6 Å². The van der Waals surface area contributed by atoms with Crippen LogP contribution in [-0.2, 0) is 6.42 Å². The summed E-state index contributed by atoms with van der Waals surface area (Å²) in [7, 11) is 0. The second-order valence-corrected chi connectivity index (χ2v) is 7.88. The van der Waals surface area contributed by atoms with Crippen molar-refractivity contribution in [1.29, 1.82) is 5.26 Å². The number of piperidine rings is 1. The minimum absolute atomic E-state index is 0.136. The normalized spacial score (nSPS) is 16.0. The van der Waals surface area contributed by atoms with Gasteiger partial charge < -0.3 is 16.4 Å². The lowest BCUT2D eigenvalue weighted by Crippen LogP contribution is -2.34. The summed E-state index contributed by atoms with van der Waals surface area (Å²) in [5.74, 6) is -2.26. The molecule has 0 bridgehead atoms. The zero-order valence-corrected chi connectivity index (χ0v) is 17.3. The van der Waals surface area contributed by atoms with Crippen LogP contribution in [0.3, 0.4) is 0 Å². The molecule has 2 aromatic carbocycles. The maximum atomic E-state index is 13.5. The molecular weight excluding hydrogens is 414 g/mol. The number of hydrogen-bond acceptors (Lipinski definition) is 5. The highest BCUT2D eigenvalue weighted by Crippen LogP contribution is 2.32. The van der Waals surface area contributed by atoms with Crippen molar-refractivity contribution in [2.45, 2.75) is 25.3 Å². The number of benzene rings is 2. The van der Waals surface area contributed by atoms with Crippen LogP contribution in [0.2, 0.25) is 0 Å². The van der Waals surface area contributed by atoms with E-state index in [0.29, 0.717) is 36.3 Å². The van der Waals surface area contributed by atoms with Crippen LogP contribution in [0.1, 0.15) is 40.4 Å². The summed E-state index contributed by atoms with van der Waals surface area (Å²) in [6.07, 6.45) is 4.17. The van der Waals surface area contributed by atoms with Crippen LogP contribution >= 0.6 is 0 Å². The molecule has 9 heteroatoms. The zero-order valence-electron chi connectivity index (χ0n) is 17.3. The standard InChI is InChI=1S/C23H22F2N6O/c24-18-8-5-15(11-19(18)25)10-14-3-6-16(7-4-14)21-20(23(28)32)22(27)31(29-21)17-2-1-9-30(12-17)13-26/h3-8,11,17H,1-2,9-10,12,27H2,(H2,28,32)/t17-/m0/s1. The number of carbonyl (C=O) groups is 1. The van der Waals surface area contributed by atoms with Crippen molar-refractivity contribution in [2.75, 3.05) is 18.8 Å². The molecule has 4 rings (SSSR count). The molecule has 0 saturated carbocycles. The maximum Gasteiger partial charge on any atom is 0.254 e. The molecule has 164 valence electrons. The minimum atomic E-state index is -0.885. The first-order chi connectivity index (χ1) is 15.4. The van der Waals surface area contributed by atoms with E-state index in [-0.39, 0.29) is 17.4 Å². The van der Waals surface area contributed by atoms with Gasteiger partial charge in [0.2, 0.25) is 0 Å². The van der Waals surface area contributed by atoms with E-state index in [2.05, 4.69) is 11.3 Å². The Bertz CT molecular complexity index is 1200. The number of carbonyl (C=O) groups excluding carboxylic acids is 1. The molecule has 1 aliphatic rings. The number of aromatic nitrogens is 2. The molecule has 1 amide bonds. The molecule has 3 aromatic rings. The first-order valence-electron chi connectivity index (χ1n) is 10.2. The molecule has 4 N–H and O–H groups in total. The highest BCUT2D eigenvalue weighted by molar-refractivity contribution is 6.03. The fraction of sp³-hybridized carbons (Fsp3) is 0.261. The quantitative estimate of drug-likeness (QED) is 0.596. The van der Waals surface area contributed by atoms with E-state index in [1.807, 2.05) is 12.1 Å². The van der Waals surface area contributed by atoms with Gasteiger partial charge >= 0.3 is 0 Å². The number of nitrogens with zero attached hydrogens (tertiary/aromatic N) is 4. The molecule has 1 aliphatic heterocycles. The third kappa shape index (κ3) is 4.12. The van der Waals surface area contributed by atoms with E-state index in [1.54, 1.807) is 21.7 Å². The van der Waals surface area contributed by atoms with Gasteiger partial charge in [-0.25, -0.2) is 13.5 Å². The lowest BCUT2D eigenvalue weighted by atomic mass is 10.0. The Morgan fingerprint density at radius 1 is 1.16 bits per heavy atom. The molecule has 32 heavy (non-hydrogen) atoms. The van der Waals surface area contributed by atoms with Crippen LogP contribution in [0.5, 0.6) is 0 Å². The van der Waals surface area contributed by atoms with Crippen molar-refractivity contribution in [2.24, 2.45) is 5.73 Å². The van der Waals surface area contributed by atoms with Gasteiger partial charge in [-0.05, 0) is 42.5 Å². The van der Waals surface area contributed by atoms with Crippen molar-refractivity contribution in [3.05, 3.63) is 70.8 Å². The summed E-state index contributed by atoms with van der Waals surface area (Å²) < 4.78 is 28.2. The molecular formula is C23H22F2N6O. The number of rotatable bonds is 5. The van der Waals surface area contributed by atoms with Gasteiger partial charge in [0.15, 0.2) is 17.8 Å². The number of likely N-dealkylation sites (tertiary alicyclic amines) is 1. The average Bonchev–Trinajstić information content (AvgIpc) is 3.14. The van der Waals surface area contributed by atoms with E-state index in [9.17, 15) is 18.8 Å². The highest BCUT2D eigenvalue weighted by atomic mass is 19.2.